The lowest BCUT2D eigenvalue weighted by atomic mass is 9.94. The van der Waals surface area contributed by atoms with Gasteiger partial charge in [-0.2, -0.15) is 0 Å². The predicted octanol–water partition coefficient (Wildman–Crippen LogP) is 1.82. The fourth-order valence-corrected chi connectivity index (χ4v) is 3.89. The van der Waals surface area contributed by atoms with Crippen molar-refractivity contribution in [3.63, 3.8) is 0 Å². The summed E-state index contributed by atoms with van der Waals surface area (Å²) in [5.74, 6) is 0.0904. The maximum Gasteiger partial charge on any atom is 0.318 e. The zero-order valence-corrected chi connectivity index (χ0v) is 13.8. The Bertz CT molecular complexity index is 574. The Kier molecular flexibility index (Phi) is 4.33. The highest BCUT2D eigenvalue weighted by molar-refractivity contribution is 7.09. The molecule has 0 aliphatic carbocycles. The van der Waals surface area contributed by atoms with E-state index in [0.29, 0.717) is 6.54 Å². The normalized spacial score (nSPS) is 28.5. The van der Waals surface area contributed by atoms with E-state index in [-0.39, 0.29) is 23.9 Å². The average Bonchev–Trinajstić information content (AvgIpc) is 3.11. The standard InChI is InChI=1S/C15H22N4O2S/c1-9-5-6-16-14(20)13(9)18-15(21)19-7-3-4-12(19)11-8-22-10(2)17-11/h8-9,12-13H,3-7H2,1-2H3,(H,16,20)(H,18,21)/t9-,12-,13+/m1/s1. The van der Waals surface area contributed by atoms with E-state index in [1.807, 2.05) is 24.1 Å². The third kappa shape index (κ3) is 2.95. The highest BCUT2D eigenvalue weighted by atomic mass is 32.1. The number of carbonyl (C=O) groups is 2. The molecule has 2 saturated heterocycles. The number of likely N-dealkylation sites (tertiary alicyclic amines) is 1. The number of piperidine rings is 1. The molecule has 0 unspecified atom stereocenters. The molecule has 0 aromatic carbocycles. The maximum absolute atomic E-state index is 12.6. The molecular formula is C15H22N4O2S. The Morgan fingerprint density at radius 2 is 2.32 bits per heavy atom. The molecule has 0 bridgehead atoms. The number of carbonyl (C=O) groups excluding carboxylic acids is 2. The SMILES string of the molecule is Cc1nc([C@H]2CCCN2C(=O)N[C@@H]2C(=O)NCC[C@H]2C)cs1. The van der Waals surface area contributed by atoms with Gasteiger partial charge in [0.1, 0.15) is 6.04 Å². The van der Waals surface area contributed by atoms with Crippen LogP contribution in [-0.2, 0) is 4.79 Å². The van der Waals surface area contributed by atoms with E-state index in [1.165, 1.54) is 0 Å². The van der Waals surface area contributed by atoms with Gasteiger partial charge in [-0.25, -0.2) is 9.78 Å². The minimum Gasteiger partial charge on any atom is -0.354 e. The van der Waals surface area contributed by atoms with Crippen LogP contribution in [0.3, 0.4) is 0 Å². The number of rotatable bonds is 2. The topological polar surface area (TPSA) is 74.3 Å². The lowest BCUT2D eigenvalue weighted by Crippen LogP contribution is -2.56. The number of urea groups is 1. The summed E-state index contributed by atoms with van der Waals surface area (Å²) in [4.78, 5) is 30.9. The van der Waals surface area contributed by atoms with E-state index in [2.05, 4.69) is 15.6 Å². The van der Waals surface area contributed by atoms with Gasteiger partial charge in [-0.15, -0.1) is 11.3 Å². The quantitative estimate of drug-likeness (QED) is 0.872. The number of amides is 3. The third-order valence-corrected chi connectivity index (χ3v) is 5.31. The van der Waals surface area contributed by atoms with Crippen LogP contribution in [-0.4, -0.2) is 41.0 Å². The van der Waals surface area contributed by atoms with Crippen molar-refractivity contribution in [2.24, 2.45) is 5.92 Å². The summed E-state index contributed by atoms with van der Waals surface area (Å²) in [5, 5.41) is 8.78. The van der Waals surface area contributed by atoms with Gasteiger partial charge in [-0.1, -0.05) is 6.92 Å². The van der Waals surface area contributed by atoms with Gasteiger partial charge in [0.05, 0.1) is 16.7 Å². The second-order valence-corrected chi connectivity index (χ2v) is 7.19. The van der Waals surface area contributed by atoms with Crippen LogP contribution >= 0.6 is 11.3 Å². The number of aryl methyl sites for hydroxylation is 1. The molecule has 3 heterocycles. The molecule has 6 nitrogen and oxygen atoms in total. The van der Waals surface area contributed by atoms with E-state index in [4.69, 9.17) is 0 Å². The molecule has 1 aromatic rings. The zero-order valence-electron chi connectivity index (χ0n) is 13.0. The Morgan fingerprint density at radius 1 is 1.50 bits per heavy atom. The first-order valence-electron chi connectivity index (χ1n) is 7.83. The molecule has 22 heavy (non-hydrogen) atoms. The van der Waals surface area contributed by atoms with E-state index in [1.54, 1.807) is 11.3 Å². The van der Waals surface area contributed by atoms with Gasteiger partial charge < -0.3 is 15.5 Å². The van der Waals surface area contributed by atoms with Crippen molar-refractivity contribution >= 4 is 23.3 Å². The van der Waals surface area contributed by atoms with E-state index >= 15 is 0 Å². The van der Waals surface area contributed by atoms with Gasteiger partial charge in [-0.05, 0) is 32.1 Å². The van der Waals surface area contributed by atoms with Crippen LogP contribution in [0.5, 0.6) is 0 Å². The van der Waals surface area contributed by atoms with Crippen molar-refractivity contribution < 1.29 is 9.59 Å². The Hall–Kier alpha value is -1.63. The molecule has 120 valence electrons. The molecule has 2 aliphatic rings. The molecule has 2 aliphatic heterocycles. The van der Waals surface area contributed by atoms with Gasteiger partial charge in [0.15, 0.2) is 0 Å². The van der Waals surface area contributed by atoms with Crippen LogP contribution in [0.2, 0.25) is 0 Å². The molecule has 1 aromatic heterocycles. The van der Waals surface area contributed by atoms with Crippen LogP contribution in [0.15, 0.2) is 5.38 Å². The number of hydrogen-bond acceptors (Lipinski definition) is 4. The first kappa shape index (κ1) is 15.3. The number of thiazole rings is 1. The fraction of sp³-hybridized carbons (Fsp3) is 0.667. The molecule has 0 radical (unpaired) electrons. The first-order chi connectivity index (χ1) is 10.6. The van der Waals surface area contributed by atoms with Gasteiger partial charge in [0.2, 0.25) is 5.91 Å². The number of nitrogens with zero attached hydrogens (tertiary/aromatic N) is 2. The molecule has 2 N–H and O–H groups in total. The summed E-state index contributed by atoms with van der Waals surface area (Å²) in [6.45, 7) is 5.39. The van der Waals surface area contributed by atoms with Crippen molar-refractivity contribution in [2.45, 2.75) is 45.2 Å². The minimum absolute atomic E-state index is 0.0342. The largest absolute Gasteiger partial charge is 0.354 e. The van der Waals surface area contributed by atoms with Crippen LogP contribution in [0.1, 0.15) is 42.9 Å². The third-order valence-electron chi connectivity index (χ3n) is 4.52. The second kappa shape index (κ2) is 6.24. The summed E-state index contributed by atoms with van der Waals surface area (Å²) in [6.07, 6.45) is 2.80. The molecule has 3 rings (SSSR count). The lowest BCUT2D eigenvalue weighted by Gasteiger charge is -2.32. The molecule has 7 heteroatoms. The van der Waals surface area contributed by atoms with Crippen molar-refractivity contribution in [3.05, 3.63) is 16.1 Å². The molecule has 2 fully saturated rings. The number of nitrogens with one attached hydrogen (secondary N) is 2. The van der Waals surface area contributed by atoms with Crippen molar-refractivity contribution in [1.29, 1.82) is 0 Å². The van der Waals surface area contributed by atoms with Gasteiger partial charge in [0, 0.05) is 18.5 Å². The Labute approximate surface area is 134 Å². The van der Waals surface area contributed by atoms with E-state index in [9.17, 15) is 9.59 Å². The van der Waals surface area contributed by atoms with Gasteiger partial charge in [0.25, 0.3) is 0 Å². The summed E-state index contributed by atoms with van der Waals surface area (Å²) in [6, 6.07) is -0.548. The van der Waals surface area contributed by atoms with Crippen LogP contribution in [0.4, 0.5) is 4.79 Å². The summed E-state index contributed by atoms with van der Waals surface area (Å²) in [5.41, 5.74) is 0.969. The molecular weight excluding hydrogens is 300 g/mol. The number of aromatic nitrogens is 1. The summed E-state index contributed by atoms with van der Waals surface area (Å²) in [7, 11) is 0. The predicted molar refractivity (Wildman–Crippen MR) is 84.6 cm³/mol. The van der Waals surface area contributed by atoms with Crippen molar-refractivity contribution in [3.8, 4) is 0 Å². The van der Waals surface area contributed by atoms with Crippen molar-refractivity contribution in [2.75, 3.05) is 13.1 Å². The van der Waals surface area contributed by atoms with Gasteiger partial charge >= 0.3 is 6.03 Å². The van der Waals surface area contributed by atoms with Gasteiger partial charge in [-0.3, -0.25) is 4.79 Å². The highest BCUT2D eigenvalue weighted by Crippen LogP contribution is 2.32. The Morgan fingerprint density at radius 3 is 3.00 bits per heavy atom. The smallest absolute Gasteiger partial charge is 0.318 e. The van der Waals surface area contributed by atoms with Crippen LogP contribution in [0, 0.1) is 12.8 Å². The number of hydrogen-bond donors (Lipinski definition) is 2. The average molecular weight is 322 g/mol. The summed E-state index contributed by atoms with van der Waals surface area (Å²) >= 11 is 1.61. The Balaban J connectivity index is 1.69. The van der Waals surface area contributed by atoms with E-state index < -0.39 is 6.04 Å². The second-order valence-electron chi connectivity index (χ2n) is 6.13. The van der Waals surface area contributed by atoms with Crippen LogP contribution in [0.25, 0.3) is 0 Å². The monoisotopic (exact) mass is 322 g/mol. The molecule has 3 atom stereocenters. The minimum atomic E-state index is -0.431. The molecule has 0 spiro atoms. The molecule has 0 saturated carbocycles. The van der Waals surface area contributed by atoms with Crippen LogP contribution < -0.4 is 10.6 Å². The van der Waals surface area contributed by atoms with Crippen molar-refractivity contribution in [1.82, 2.24) is 20.5 Å². The lowest BCUT2D eigenvalue weighted by molar-refractivity contribution is -0.125. The zero-order chi connectivity index (χ0) is 15.7. The maximum atomic E-state index is 12.6. The summed E-state index contributed by atoms with van der Waals surface area (Å²) < 4.78 is 0. The highest BCUT2D eigenvalue weighted by Gasteiger charge is 2.36. The molecule has 3 amide bonds. The van der Waals surface area contributed by atoms with E-state index in [0.717, 1.165) is 36.5 Å². The fourth-order valence-electron chi connectivity index (χ4n) is 3.23. The first-order valence-corrected chi connectivity index (χ1v) is 8.71.